The Morgan fingerprint density at radius 2 is 1.10 bits per heavy atom. The summed E-state index contributed by atoms with van der Waals surface area (Å²) in [7, 11) is -4.67. The maximum Gasteiger partial charge on any atom is 1.00 e. The summed E-state index contributed by atoms with van der Waals surface area (Å²) < 4.78 is 31.6. The first-order valence-electron chi connectivity index (χ1n) is 7.26. The third-order valence-corrected chi connectivity index (χ3v) is 2.78. The molecule has 2 N–H and O–H groups in total. The molecule has 118 valence electrons. The Kier molecular flexibility index (Phi) is 23.1. The van der Waals surface area contributed by atoms with Crippen molar-refractivity contribution in [3.63, 3.8) is 0 Å². The molecule has 6 heteroatoms. The smallest absolute Gasteiger partial charge is 0.320 e. The van der Waals surface area contributed by atoms with Gasteiger partial charge in [0, 0.05) is 0 Å². The van der Waals surface area contributed by atoms with Gasteiger partial charge in [-0.05, 0) is 0 Å². The van der Waals surface area contributed by atoms with E-state index in [1.807, 2.05) is 0 Å². The molecule has 0 atom stereocenters. The van der Waals surface area contributed by atoms with Crippen molar-refractivity contribution in [2.24, 2.45) is 0 Å². The fraction of sp³-hybridized carbons (Fsp3) is 0.929. The fourth-order valence-electron chi connectivity index (χ4n) is 1.79. The molecule has 0 aliphatic rings. The number of unbranched alkanes of at least 4 members (excludes halogenated alkanes) is 8. The second kappa shape index (κ2) is 17.9. The van der Waals surface area contributed by atoms with Crippen molar-refractivity contribution in [1.82, 2.24) is 0 Å². The summed E-state index contributed by atoms with van der Waals surface area (Å²) >= 11 is 0. The van der Waals surface area contributed by atoms with Gasteiger partial charge in [-0.3, -0.25) is 9.11 Å². The Morgan fingerprint density at radius 1 is 0.800 bits per heavy atom. The summed E-state index contributed by atoms with van der Waals surface area (Å²) in [6.45, 7) is 6.76. The normalized spacial score (nSPS) is 10.7. The Bertz CT molecular complexity index is 258. The summed E-state index contributed by atoms with van der Waals surface area (Å²) in [5, 5.41) is 0. The molecule has 0 amide bonds. The Balaban J connectivity index is -0.000000414. The van der Waals surface area contributed by atoms with Crippen LogP contribution in [-0.2, 0) is 10.4 Å². The minimum atomic E-state index is -4.67. The Hall–Kier alpha value is 0.870. The van der Waals surface area contributed by atoms with E-state index in [0.717, 1.165) is 0 Å². The molecule has 0 aromatic rings. The zero-order valence-electron chi connectivity index (χ0n) is 13.7. The van der Waals surface area contributed by atoms with E-state index >= 15 is 0 Å². The van der Waals surface area contributed by atoms with Crippen LogP contribution in [0.15, 0.2) is 0 Å². The molecule has 0 spiro atoms. The van der Waals surface area contributed by atoms with Crippen LogP contribution < -0.4 is 29.6 Å². The van der Waals surface area contributed by atoms with Gasteiger partial charge in [0.15, 0.2) is 0 Å². The van der Waals surface area contributed by atoms with Gasteiger partial charge in [-0.2, -0.15) is 28.7 Å². The van der Waals surface area contributed by atoms with Gasteiger partial charge in [0.05, 0.1) is 0 Å². The van der Waals surface area contributed by atoms with Crippen LogP contribution in [0.4, 0.5) is 0 Å². The van der Waals surface area contributed by atoms with Crippen molar-refractivity contribution in [2.45, 2.75) is 85.0 Å². The third-order valence-electron chi connectivity index (χ3n) is 2.78. The van der Waals surface area contributed by atoms with Crippen LogP contribution in [0.25, 0.3) is 0 Å². The minimum Gasteiger partial charge on any atom is -0.320 e. The zero-order valence-corrected chi connectivity index (χ0v) is 16.5. The zero-order chi connectivity index (χ0) is 15.1. The van der Waals surface area contributed by atoms with Crippen LogP contribution in [0.5, 0.6) is 0 Å². The van der Waals surface area contributed by atoms with Crippen molar-refractivity contribution in [2.75, 3.05) is 0 Å². The first-order valence-corrected chi connectivity index (χ1v) is 8.66. The average molecular weight is 318 g/mol. The van der Waals surface area contributed by atoms with Crippen molar-refractivity contribution < 1.29 is 47.1 Å². The molecule has 0 aromatic heterocycles. The van der Waals surface area contributed by atoms with Gasteiger partial charge in [-0.1, -0.05) is 64.7 Å². The van der Waals surface area contributed by atoms with Gasteiger partial charge in [-0.25, -0.2) is 0 Å². The average Bonchev–Trinajstić information content (AvgIpc) is 2.24. The monoisotopic (exact) mass is 318 g/mol. The van der Waals surface area contributed by atoms with Gasteiger partial charge >= 0.3 is 40.0 Å². The fourth-order valence-corrected chi connectivity index (χ4v) is 1.79. The molecule has 0 fully saturated rings. The van der Waals surface area contributed by atoms with Crippen LogP contribution in [0.1, 0.15) is 85.0 Å². The minimum absolute atomic E-state index is 0. The molecule has 0 radical (unpaired) electrons. The van der Waals surface area contributed by atoms with Gasteiger partial charge in [-0.15, -0.1) is 0 Å². The summed E-state index contributed by atoms with van der Waals surface area (Å²) in [6.07, 6.45) is 14.3. The molecule has 0 unspecified atom stereocenters. The van der Waals surface area contributed by atoms with E-state index in [1.165, 1.54) is 64.2 Å². The van der Waals surface area contributed by atoms with E-state index in [4.69, 9.17) is 17.5 Å². The van der Waals surface area contributed by atoms with Gasteiger partial charge in [0.2, 0.25) is 0 Å². The van der Waals surface area contributed by atoms with Gasteiger partial charge in [0.25, 0.3) is 0 Å². The van der Waals surface area contributed by atoms with E-state index < -0.39 is 10.4 Å². The second-order valence-electron chi connectivity index (χ2n) is 5.23. The molecule has 0 saturated carbocycles. The quantitative estimate of drug-likeness (QED) is 0.279. The van der Waals surface area contributed by atoms with E-state index in [-0.39, 0.29) is 29.6 Å². The summed E-state index contributed by atoms with van der Waals surface area (Å²) in [5.41, 5.74) is 0. The van der Waals surface area contributed by atoms with E-state index in [2.05, 4.69) is 20.8 Å². The first-order chi connectivity index (χ1) is 8.77. The van der Waals surface area contributed by atoms with Crippen molar-refractivity contribution in [1.29, 1.82) is 0 Å². The van der Waals surface area contributed by atoms with Crippen LogP contribution in [0.3, 0.4) is 0 Å². The maximum atomic E-state index is 8.74. The SMILES string of the molecule is CCCCCCCCCCC[C-](C)C.O=S(=O)(O)O.[Na+]. The molecule has 0 bridgehead atoms. The number of hydrogen-bond donors (Lipinski definition) is 2. The van der Waals surface area contributed by atoms with Crippen LogP contribution in [0, 0.1) is 5.92 Å². The molecule has 0 aromatic carbocycles. The van der Waals surface area contributed by atoms with Gasteiger partial charge in [0.1, 0.15) is 0 Å². The summed E-state index contributed by atoms with van der Waals surface area (Å²) in [6, 6.07) is 0. The van der Waals surface area contributed by atoms with Crippen LogP contribution >= 0.6 is 0 Å². The third kappa shape index (κ3) is 42.8. The molecule has 0 aliphatic carbocycles. The largest absolute Gasteiger partial charge is 1.00 e. The predicted octanol–water partition coefficient (Wildman–Crippen LogP) is 1.87. The Morgan fingerprint density at radius 3 is 1.40 bits per heavy atom. The van der Waals surface area contributed by atoms with Gasteiger partial charge < -0.3 is 5.92 Å². The van der Waals surface area contributed by atoms with Crippen molar-refractivity contribution >= 4 is 10.4 Å². The first kappa shape index (κ1) is 25.8. The predicted molar refractivity (Wildman–Crippen MR) is 80.6 cm³/mol. The molecule has 4 nitrogen and oxygen atoms in total. The standard InChI is InChI=1S/C14H29.Na.H2O4S/c1-4-5-6-7-8-9-10-11-12-13-14(2)3;;1-5(2,3)4/h4-13H2,1-3H3;;(H2,1,2,3,4)/q-1;+1;. The maximum absolute atomic E-state index is 8.74. The second-order valence-corrected chi connectivity index (χ2v) is 6.13. The molecular formula is C14H31NaO4S. The van der Waals surface area contributed by atoms with Crippen molar-refractivity contribution in [3.05, 3.63) is 5.92 Å². The van der Waals surface area contributed by atoms with E-state index in [0.29, 0.717) is 0 Å². The topological polar surface area (TPSA) is 74.6 Å². The molecule has 20 heavy (non-hydrogen) atoms. The van der Waals surface area contributed by atoms with Crippen LogP contribution in [-0.4, -0.2) is 17.5 Å². The molecule has 0 heterocycles. The molecular weight excluding hydrogens is 287 g/mol. The van der Waals surface area contributed by atoms with E-state index in [1.54, 1.807) is 5.92 Å². The summed E-state index contributed by atoms with van der Waals surface area (Å²) in [5.74, 6) is 1.59. The molecule has 0 saturated heterocycles. The molecule has 0 aliphatic heterocycles. The number of hydrogen-bond acceptors (Lipinski definition) is 2. The number of rotatable bonds is 10. The van der Waals surface area contributed by atoms with Crippen molar-refractivity contribution in [3.8, 4) is 0 Å². The van der Waals surface area contributed by atoms with Crippen LogP contribution in [0.2, 0.25) is 0 Å². The Labute approximate surface area is 148 Å². The van der Waals surface area contributed by atoms with E-state index in [9.17, 15) is 0 Å². The summed E-state index contributed by atoms with van der Waals surface area (Å²) in [4.78, 5) is 0. The molecule has 0 rings (SSSR count).